The average Bonchev–Trinajstić information content (AvgIpc) is 2.84. The van der Waals surface area contributed by atoms with Gasteiger partial charge in [0.25, 0.3) is 0 Å². The van der Waals surface area contributed by atoms with E-state index in [1.807, 2.05) is 19.2 Å². The molecule has 1 saturated heterocycles. The van der Waals surface area contributed by atoms with E-state index < -0.39 is 0 Å². The minimum absolute atomic E-state index is 0.181. The molecule has 1 aliphatic carbocycles. The summed E-state index contributed by atoms with van der Waals surface area (Å²) < 4.78 is 22.1. The highest BCUT2D eigenvalue weighted by Gasteiger charge is 2.38. The second-order valence-electron chi connectivity index (χ2n) is 8.16. The minimum Gasteiger partial charge on any atom is -0.493 e. The molecule has 1 saturated carbocycles. The predicted molar refractivity (Wildman–Crippen MR) is 123 cm³/mol. The van der Waals surface area contributed by atoms with E-state index in [-0.39, 0.29) is 5.54 Å². The summed E-state index contributed by atoms with van der Waals surface area (Å²) in [4.78, 5) is 7.08. The van der Waals surface area contributed by atoms with Crippen LogP contribution in [0.3, 0.4) is 0 Å². The summed E-state index contributed by atoms with van der Waals surface area (Å²) in [7, 11) is 6.69. The zero-order valence-corrected chi connectivity index (χ0v) is 19.5. The summed E-state index contributed by atoms with van der Waals surface area (Å²) in [6.07, 6.45) is 6.35. The standard InChI is InChI=1S/C23H38N4O4/c1-24-22(25-16-18-8-9-19(28-2)21(30-4)20(18)29-3)26-17-23(10-6-5-7-11-23)27-12-14-31-15-13-27/h8-9H,5-7,10-17H2,1-4H3,(H2,24,25,26). The zero-order valence-electron chi connectivity index (χ0n) is 19.5. The smallest absolute Gasteiger partial charge is 0.203 e. The number of nitrogens with zero attached hydrogens (tertiary/aromatic N) is 2. The lowest BCUT2D eigenvalue weighted by Gasteiger charge is -2.48. The maximum Gasteiger partial charge on any atom is 0.203 e. The Morgan fingerprint density at radius 3 is 2.32 bits per heavy atom. The number of guanidine groups is 1. The zero-order chi connectivity index (χ0) is 22.1. The molecular formula is C23H38N4O4. The van der Waals surface area contributed by atoms with Crippen LogP contribution in [-0.2, 0) is 11.3 Å². The quantitative estimate of drug-likeness (QED) is 0.481. The van der Waals surface area contributed by atoms with Gasteiger partial charge in [0.05, 0.1) is 34.5 Å². The Hall–Kier alpha value is -2.19. The van der Waals surface area contributed by atoms with Crippen molar-refractivity contribution < 1.29 is 18.9 Å². The predicted octanol–water partition coefficient (Wildman–Crippen LogP) is 2.41. The number of benzene rings is 1. The molecule has 8 heteroatoms. The van der Waals surface area contributed by atoms with Crippen LogP contribution in [0.15, 0.2) is 17.1 Å². The van der Waals surface area contributed by atoms with E-state index in [2.05, 4.69) is 20.5 Å². The largest absolute Gasteiger partial charge is 0.493 e. The summed E-state index contributed by atoms with van der Waals surface area (Å²) in [5, 5.41) is 7.02. The summed E-state index contributed by atoms with van der Waals surface area (Å²) in [5.41, 5.74) is 1.16. The Balaban J connectivity index is 1.65. The van der Waals surface area contributed by atoms with Crippen LogP contribution in [0.25, 0.3) is 0 Å². The second kappa shape index (κ2) is 11.4. The van der Waals surface area contributed by atoms with Gasteiger partial charge in [0, 0.05) is 44.3 Å². The first-order valence-corrected chi connectivity index (χ1v) is 11.2. The molecule has 3 rings (SSSR count). The topological polar surface area (TPSA) is 76.6 Å². The number of rotatable bonds is 8. The van der Waals surface area contributed by atoms with Gasteiger partial charge in [-0.05, 0) is 25.0 Å². The van der Waals surface area contributed by atoms with E-state index in [4.69, 9.17) is 18.9 Å². The Morgan fingerprint density at radius 2 is 1.71 bits per heavy atom. The summed E-state index contributed by atoms with van der Waals surface area (Å²) in [6, 6.07) is 3.88. The molecule has 0 radical (unpaired) electrons. The van der Waals surface area contributed by atoms with Crippen LogP contribution in [0, 0.1) is 0 Å². The highest BCUT2D eigenvalue weighted by atomic mass is 16.5. The lowest BCUT2D eigenvalue weighted by atomic mass is 9.80. The van der Waals surface area contributed by atoms with E-state index in [1.54, 1.807) is 21.3 Å². The van der Waals surface area contributed by atoms with Gasteiger partial charge in [-0.25, -0.2) is 0 Å². The number of morpholine rings is 1. The molecule has 1 heterocycles. The Morgan fingerprint density at radius 1 is 1.00 bits per heavy atom. The molecule has 31 heavy (non-hydrogen) atoms. The number of nitrogens with one attached hydrogen (secondary N) is 2. The van der Waals surface area contributed by atoms with Crippen LogP contribution in [0.2, 0.25) is 0 Å². The Bertz CT molecular complexity index is 729. The van der Waals surface area contributed by atoms with Crippen LogP contribution in [0.5, 0.6) is 17.2 Å². The lowest BCUT2D eigenvalue weighted by Crippen LogP contribution is -2.60. The molecule has 0 spiro atoms. The first-order chi connectivity index (χ1) is 15.2. The first kappa shape index (κ1) is 23.5. The van der Waals surface area contributed by atoms with Crippen LogP contribution in [0.4, 0.5) is 0 Å². The fraction of sp³-hybridized carbons (Fsp3) is 0.696. The van der Waals surface area contributed by atoms with E-state index in [9.17, 15) is 0 Å². The van der Waals surface area contributed by atoms with Gasteiger partial charge in [0.2, 0.25) is 5.75 Å². The molecule has 0 amide bonds. The molecule has 1 aromatic carbocycles. The van der Waals surface area contributed by atoms with Crippen LogP contribution < -0.4 is 24.8 Å². The van der Waals surface area contributed by atoms with Crippen molar-refractivity contribution in [3.63, 3.8) is 0 Å². The number of hydrogen-bond donors (Lipinski definition) is 2. The van der Waals surface area contributed by atoms with Crippen molar-refractivity contribution in [3.05, 3.63) is 17.7 Å². The highest BCUT2D eigenvalue weighted by Crippen LogP contribution is 2.39. The van der Waals surface area contributed by atoms with Gasteiger partial charge in [0.1, 0.15) is 0 Å². The number of methoxy groups -OCH3 is 3. The van der Waals surface area contributed by atoms with E-state index in [0.29, 0.717) is 23.8 Å². The molecule has 1 aromatic rings. The van der Waals surface area contributed by atoms with Crippen LogP contribution in [-0.4, -0.2) is 77.6 Å². The molecule has 0 bridgehead atoms. The number of hydrogen-bond acceptors (Lipinski definition) is 6. The second-order valence-corrected chi connectivity index (χ2v) is 8.16. The molecule has 1 aliphatic heterocycles. The number of aliphatic imine (C=N–C) groups is 1. The SMILES string of the molecule is CN=C(NCc1ccc(OC)c(OC)c1OC)NCC1(N2CCOCC2)CCCCC1. The molecule has 2 fully saturated rings. The van der Waals surface area contributed by atoms with Gasteiger partial charge in [0.15, 0.2) is 17.5 Å². The van der Waals surface area contributed by atoms with Gasteiger partial charge in [-0.3, -0.25) is 9.89 Å². The molecule has 0 unspecified atom stereocenters. The van der Waals surface area contributed by atoms with Crippen molar-refractivity contribution in [2.24, 2.45) is 4.99 Å². The van der Waals surface area contributed by atoms with Crippen LogP contribution >= 0.6 is 0 Å². The van der Waals surface area contributed by atoms with Crippen LogP contribution in [0.1, 0.15) is 37.7 Å². The Kier molecular flexibility index (Phi) is 8.66. The van der Waals surface area contributed by atoms with Crippen molar-refractivity contribution in [1.82, 2.24) is 15.5 Å². The molecule has 0 atom stereocenters. The molecular weight excluding hydrogens is 396 g/mol. The van der Waals surface area contributed by atoms with Gasteiger partial charge >= 0.3 is 0 Å². The monoisotopic (exact) mass is 434 g/mol. The molecule has 2 N–H and O–H groups in total. The third-order valence-corrected chi connectivity index (χ3v) is 6.51. The van der Waals surface area contributed by atoms with Crippen molar-refractivity contribution >= 4 is 5.96 Å². The van der Waals surface area contributed by atoms with Gasteiger partial charge < -0.3 is 29.6 Å². The van der Waals surface area contributed by atoms with Crippen molar-refractivity contribution in [1.29, 1.82) is 0 Å². The first-order valence-electron chi connectivity index (χ1n) is 11.2. The van der Waals surface area contributed by atoms with Crippen molar-refractivity contribution in [2.75, 3.05) is 61.2 Å². The van der Waals surface area contributed by atoms with Crippen molar-refractivity contribution in [2.45, 2.75) is 44.2 Å². The van der Waals surface area contributed by atoms with Gasteiger partial charge in [-0.15, -0.1) is 0 Å². The summed E-state index contributed by atoms with van der Waals surface area (Å²) in [5.74, 6) is 2.70. The van der Waals surface area contributed by atoms with E-state index >= 15 is 0 Å². The number of ether oxygens (including phenoxy) is 4. The third kappa shape index (κ3) is 5.54. The molecule has 8 nitrogen and oxygen atoms in total. The normalized spacial score (nSPS) is 19.5. The molecule has 2 aliphatic rings. The third-order valence-electron chi connectivity index (χ3n) is 6.51. The van der Waals surface area contributed by atoms with E-state index in [0.717, 1.165) is 44.4 Å². The fourth-order valence-corrected chi connectivity index (χ4v) is 4.80. The van der Waals surface area contributed by atoms with Crippen molar-refractivity contribution in [3.8, 4) is 17.2 Å². The Labute approximate surface area is 186 Å². The minimum atomic E-state index is 0.181. The fourth-order valence-electron chi connectivity index (χ4n) is 4.80. The maximum absolute atomic E-state index is 5.60. The molecule has 174 valence electrons. The van der Waals surface area contributed by atoms with Gasteiger partial charge in [-0.1, -0.05) is 19.3 Å². The summed E-state index contributed by atoms with van der Waals surface area (Å²) in [6.45, 7) is 5.12. The maximum atomic E-state index is 5.60. The lowest BCUT2D eigenvalue weighted by molar-refractivity contribution is -0.0352. The highest BCUT2D eigenvalue weighted by molar-refractivity contribution is 5.79. The van der Waals surface area contributed by atoms with Gasteiger partial charge in [-0.2, -0.15) is 0 Å². The molecule has 0 aromatic heterocycles. The summed E-state index contributed by atoms with van der Waals surface area (Å²) >= 11 is 0. The van der Waals surface area contributed by atoms with E-state index in [1.165, 1.54) is 32.1 Å². The average molecular weight is 435 g/mol.